The van der Waals surface area contributed by atoms with E-state index in [1.54, 1.807) is 7.11 Å². The number of hydrogen-bond donors (Lipinski definition) is 2. The summed E-state index contributed by atoms with van der Waals surface area (Å²) in [6.07, 6.45) is 5.22. The van der Waals surface area contributed by atoms with Crippen LogP contribution in [0.1, 0.15) is 19.4 Å². The number of terminal acetylenes is 1. The van der Waals surface area contributed by atoms with Gasteiger partial charge >= 0.3 is 0 Å². The van der Waals surface area contributed by atoms with Crippen LogP contribution in [0, 0.1) is 12.3 Å². The van der Waals surface area contributed by atoms with Gasteiger partial charge in [-0.3, -0.25) is 0 Å². The van der Waals surface area contributed by atoms with Gasteiger partial charge in [0.15, 0.2) is 11.5 Å². The Balaban J connectivity index is 0.00000361. The van der Waals surface area contributed by atoms with Crippen LogP contribution in [0.25, 0.3) is 0 Å². The van der Waals surface area contributed by atoms with Crippen LogP contribution in [0.4, 0.5) is 0 Å². The molecule has 2 N–H and O–H groups in total. The summed E-state index contributed by atoms with van der Waals surface area (Å²) in [7, 11) is 1.59. The van der Waals surface area contributed by atoms with Crippen molar-refractivity contribution in [3.8, 4) is 23.8 Å². The van der Waals surface area contributed by atoms with Gasteiger partial charge in [-0.25, -0.2) is 0 Å². The van der Waals surface area contributed by atoms with Gasteiger partial charge in [0.2, 0.25) is 0 Å². The Morgan fingerprint density at radius 3 is 2.65 bits per heavy atom. The molecule has 0 fully saturated rings. The maximum absolute atomic E-state index is 9.24. The highest BCUT2D eigenvalue weighted by Crippen LogP contribution is 2.31. The topological polar surface area (TPSA) is 50.7 Å². The molecule has 20 heavy (non-hydrogen) atoms. The third-order valence-electron chi connectivity index (χ3n) is 2.73. The summed E-state index contributed by atoms with van der Waals surface area (Å²) in [6.45, 7) is 4.66. The van der Waals surface area contributed by atoms with Crippen molar-refractivity contribution >= 4 is 12.4 Å². The summed E-state index contributed by atoms with van der Waals surface area (Å²) < 4.78 is 10.8. The molecule has 0 aliphatic rings. The minimum Gasteiger partial charge on any atom is -0.493 e. The lowest BCUT2D eigenvalue weighted by Crippen LogP contribution is -2.42. The smallest absolute Gasteiger partial charge is 0.167 e. The number of aliphatic hydroxyl groups excluding tert-OH is 1. The Hall–Kier alpha value is -1.41. The van der Waals surface area contributed by atoms with E-state index >= 15 is 0 Å². The number of methoxy groups -OCH3 is 1. The van der Waals surface area contributed by atoms with Gasteiger partial charge in [0.05, 0.1) is 13.7 Å². The molecule has 0 unspecified atom stereocenters. The van der Waals surface area contributed by atoms with Crippen LogP contribution < -0.4 is 14.8 Å². The van der Waals surface area contributed by atoms with Gasteiger partial charge in [-0.15, -0.1) is 18.8 Å². The van der Waals surface area contributed by atoms with Crippen LogP contribution in [0.3, 0.4) is 0 Å². The van der Waals surface area contributed by atoms with E-state index in [2.05, 4.69) is 11.2 Å². The van der Waals surface area contributed by atoms with Crippen molar-refractivity contribution in [2.45, 2.75) is 25.9 Å². The number of nitrogens with one attached hydrogen (secondary N) is 1. The number of benzene rings is 1. The molecule has 0 aliphatic carbocycles. The first-order chi connectivity index (χ1) is 9.04. The molecular weight excluding hydrogens is 278 g/mol. The highest BCUT2D eigenvalue weighted by molar-refractivity contribution is 5.85. The monoisotopic (exact) mass is 299 g/mol. The molecule has 1 aromatic rings. The second-order valence-electron chi connectivity index (χ2n) is 4.84. The first-order valence-electron chi connectivity index (χ1n) is 6.12. The summed E-state index contributed by atoms with van der Waals surface area (Å²) in [6, 6.07) is 5.66. The van der Waals surface area contributed by atoms with E-state index in [0.717, 1.165) is 5.56 Å². The SMILES string of the molecule is C#CCOc1c(CNC(C)(C)CO)cccc1OC.Cl. The number of halogens is 1. The number of ether oxygens (including phenoxy) is 2. The number of hydrogen-bond acceptors (Lipinski definition) is 4. The quantitative estimate of drug-likeness (QED) is 0.756. The lowest BCUT2D eigenvalue weighted by Gasteiger charge is -2.24. The third kappa shape index (κ3) is 5.30. The molecule has 0 aromatic heterocycles. The van der Waals surface area contributed by atoms with Crippen molar-refractivity contribution in [3.63, 3.8) is 0 Å². The molecule has 0 atom stereocenters. The zero-order valence-corrected chi connectivity index (χ0v) is 12.9. The second kappa shape index (κ2) is 8.70. The average Bonchev–Trinajstić information content (AvgIpc) is 2.43. The van der Waals surface area contributed by atoms with Crippen LogP contribution in [-0.2, 0) is 6.54 Å². The fraction of sp³-hybridized carbons (Fsp3) is 0.467. The zero-order valence-electron chi connectivity index (χ0n) is 12.1. The Labute approximate surface area is 126 Å². The van der Waals surface area contributed by atoms with Crippen LogP contribution in [-0.4, -0.2) is 31.0 Å². The Morgan fingerprint density at radius 1 is 1.40 bits per heavy atom. The molecule has 0 saturated heterocycles. The van der Waals surface area contributed by atoms with Gasteiger partial charge in [-0.2, -0.15) is 0 Å². The molecule has 112 valence electrons. The van der Waals surface area contributed by atoms with Gasteiger partial charge < -0.3 is 19.9 Å². The summed E-state index contributed by atoms with van der Waals surface area (Å²) in [5, 5.41) is 12.5. The lowest BCUT2D eigenvalue weighted by atomic mass is 10.1. The molecular formula is C15H22ClNO3. The predicted octanol–water partition coefficient (Wildman–Crippen LogP) is 1.99. The van der Waals surface area contributed by atoms with E-state index < -0.39 is 0 Å². The molecule has 0 bridgehead atoms. The van der Waals surface area contributed by atoms with Crippen LogP contribution in [0.15, 0.2) is 18.2 Å². The van der Waals surface area contributed by atoms with Crippen molar-refractivity contribution < 1.29 is 14.6 Å². The van der Waals surface area contributed by atoms with E-state index in [0.29, 0.717) is 18.0 Å². The molecule has 0 saturated carbocycles. The van der Waals surface area contributed by atoms with Crippen molar-refractivity contribution in [1.29, 1.82) is 0 Å². The molecule has 0 aliphatic heterocycles. The van der Waals surface area contributed by atoms with Crippen LogP contribution >= 0.6 is 12.4 Å². The molecule has 4 nitrogen and oxygen atoms in total. The first-order valence-corrected chi connectivity index (χ1v) is 6.12. The number of para-hydroxylation sites is 1. The fourth-order valence-corrected chi connectivity index (χ4v) is 1.53. The largest absolute Gasteiger partial charge is 0.493 e. The third-order valence-corrected chi connectivity index (χ3v) is 2.73. The maximum atomic E-state index is 9.24. The maximum Gasteiger partial charge on any atom is 0.167 e. The van der Waals surface area contributed by atoms with Crippen molar-refractivity contribution in [2.75, 3.05) is 20.3 Å². The normalized spacial score (nSPS) is 10.3. The van der Waals surface area contributed by atoms with Crippen molar-refractivity contribution in [2.24, 2.45) is 0 Å². The lowest BCUT2D eigenvalue weighted by molar-refractivity contribution is 0.187. The summed E-state index contributed by atoms with van der Waals surface area (Å²) in [5.41, 5.74) is 0.586. The minimum absolute atomic E-state index is 0. The van der Waals surface area contributed by atoms with E-state index in [9.17, 15) is 5.11 Å². The molecule has 5 heteroatoms. The molecule has 0 amide bonds. The van der Waals surface area contributed by atoms with Crippen molar-refractivity contribution in [1.82, 2.24) is 5.32 Å². The van der Waals surface area contributed by atoms with Gasteiger partial charge in [-0.05, 0) is 19.9 Å². The summed E-state index contributed by atoms with van der Waals surface area (Å²) >= 11 is 0. The molecule has 0 radical (unpaired) electrons. The van der Waals surface area contributed by atoms with Gasteiger partial charge in [0, 0.05) is 17.6 Å². The highest BCUT2D eigenvalue weighted by Gasteiger charge is 2.17. The molecule has 1 rings (SSSR count). The number of aliphatic hydroxyl groups is 1. The van der Waals surface area contributed by atoms with Crippen LogP contribution in [0.5, 0.6) is 11.5 Å². The van der Waals surface area contributed by atoms with Crippen LogP contribution in [0.2, 0.25) is 0 Å². The summed E-state index contributed by atoms with van der Waals surface area (Å²) in [5.74, 6) is 3.73. The molecule has 1 aromatic carbocycles. The summed E-state index contributed by atoms with van der Waals surface area (Å²) in [4.78, 5) is 0. The zero-order chi connectivity index (χ0) is 14.3. The minimum atomic E-state index is -0.355. The van der Waals surface area contributed by atoms with Gasteiger partial charge in [0.1, 0.15) is 6.61 Å². The standard InChI is InChI=1S/C15H21NO3.ClH/c1-5-9-19-14-12(7-6-8-13(14)18-4)10-16-15(2,3)11-17;/h1,6-8,16-17H,9-11H2,2-4H3;1H. The van der Waals surface area contributed by atoms with Crippen molar-refractivity contribution in [3.05, 3.63) is 23.8 Å². The Morgan fingerprint density at radius 2 is 2.10 bits per heavy atom. The first kappa shape index (κ1) is 18.6. The predicted molar refractivity (Wildman–Crippen MR) is 82.6 cm³/mol. The van der Waals surface area contributed by atoms with E-state index in [1.165, 1.54) is 0 Å². The van der Waals surface area contributed by atoms with E-state index in [1.807, 2.05) is 32.0 Å². The van der Waals surface area contributed by atoms with E-state index in [-0.39, 0.29) is 31.2 Å². The Bertz CT molecular complexity index is 455. The van der Waals surface area contributed by atoms with E-state index in [4.69, 9.17) is 15.9 Å². The highest BCUT2D eigenvalue weighted by atomic mass is 35.5. The Kier molecular flexibility index (Phi) is 8.09. The molecule has 0 heterocycles. The average molecular weight is 300 g/mol. The number of rotatable bonds is 7. The van der Waals surface area contributed by atoms with Gasteiger partial charge in [0.25, 0.3) is 0 Å². The fourth-order valence-electron chi connectivity index (χ4n) is 1.53. The second-order valence-corrected chi connectivity index (χ2v) is 4.84. The molecule has 0 spiro atoms. The van der Waals surface area contributed by atoms with Gasteiger partial charge in [-0.1, -0.05) is 18.1 Å².